The highest BCUT2D eigenvalue weighted by Gasteiger charge is 2.29. The van der Waals surface area contributed by atoms with E-state index in [0.717, 1.165) is 91.8 Å². The van der Waals surface area contributed by atoms with E-state index in [1.54, 1.807) is 29.5 Å². The fourth-order valence-corrected chi connectivity index (χ4v) is 9.13. The van der Waals surface area contributed by atoms with E-state index >= 15 is 0 Å². The Morgan fingerprint density at radius 2 is 1.66 bits per heavy atom. The quantitative estimate of drug-likeness (QED) is 0.0497. The zero-order valence-electron chi connectivity index (χ0n) is 32.8. The molecule has 0 radical (unpaired) electrons. The predicted molar refractivity (Wildman–Crippen MR) is 235 cm³/mol. The zero-order valence-corrected chi connectivity index (χ0v) is 35.2. The van der Waals surface area contributed by atoms with Gasteiger partial charge in [-0.25, -0.2) is 0 Å². The highest BCUT2D eigenvalue weighted by Crippen LogP contribution is 2.43. The molecule has 56 heavy (non-hydrogen) atoms. The standard InChI is InChI=1S/C44H53ClN6O3S2/c1-44(2)22-20-40(32-10-14-35(45)15-11-32)34(29-44)30-49-24-26-50(27-25-49)37-16-12-33(13-17-37)43(52)47-56-39-18-19-41(42(28-39)51(53)54)46-36(21-23-48(3)4)31-55-38-8-6-5-7-9-38/h5-19,28,36,46H,20-27,29-31H2,1-4H3,(H,47,52)/t36-/m1/s1. The van der Waals surface area contributed by atoms with Crippen molar-refractivity contribution < 1.29 is 9.72 Å². The second kappa shape index (κ2) is 19.4. The minimum Gasteiger partial charge on any atom is -0.376 e. The summed E-state index contributed by atoms with van der Waals surface area (Å²) in [5.74, 6) is 0.512. The number of hydrogen-bond donors (Lipinski definition) is 2. The summed E-state index contributed by atoms with van der Waals surface area (Å²) in [4.78, 5) is 33.8. The van der Waals surface area contributed by atoms with Gasteiger partial charge >= 0.3 is 0 Å². The molecule has 0 bridgehead atoms. The number of hydrogen-bond acceptors (Lipinski definition) is 9. The molecule has 12 heteroatoms. The van der Waals surface area contributed by atoms with Gasteiger partial charge in [-0.1, -0.05) is 61.4 Å². The Labute approximate surface area is 345 Å². The van der Waals surface area contributed by atoms with Gasteiger partial charge < -0.3 is 15.1 Å². The lowest BCUT2D eigenvalue weighted by atomic mass is 9.73. The third-order valence-electron chi connectivity index (χ3n) is 10.6. The molecule has 0 saturated carbocycles. The number of benzene rings is 4. The van der Waals surface area contributed by atoms with Crippen molar-refractivity contribution >= 4 is 63.9 Å². The molecule has 0 aromatic heterocycles. The number of thioether (sulfide) groups is 1. The fourth-order valence-electron chi connectivity index (χ4n) is 7.38. The second-order valence-corrected chi connectivity index (χ2v) is 18.2. The van der Waals surface area contributed by atoms with Crippen molar-refractivity contribution in [1.82, 2.24) is 14.5 Å². The van der Waals surface area contributed by atoms with Gasteiger partial charge in [0.25, 0.3) is 11.6 Å². The number of amides is 1. The molecule has 296 valence electrons. The average molecular weight is 814 g/mol. The van der Waals surface area contributed by atoms with Crippen molar-refractivity contribution in [3.05, 3.63) is 129 Å². The maximum absolute atomic E-state index is 13.2. The molecule has 1 amide bonds. The molecule has 4 aromatic rings. The van der Waals surface area contributed by atoms with Crippen LogP contribution in [0.4, 0.5) is 17.1 Å². The molecular formula is C44H53ClN6O3S2. The number of allylic oxidation sites excluding steroid dienone is 1. The summed E-state index contributed by atoms with van der Waals surface area (Å²) in [6.45, 7) is 10.4. The van der Waals surface area contributed by atoms with E-state index in [4.69, 9.17) is 11.6 Å². The minimum atomic E-state index is -0.368. The van der Waals surface area contributed by atoms with Crippen molar-refractivity contribution in [3.63, 3.8) is 0 Å². The van der Waals surface area contributed by atoms with Crippen LogP contribution >= 0.6 is 35.3 Å². The van der Waals surface area contributed by atoms with E-state index in [2.05, 4.69) is 62.9 Å². The summed E-state index contributed by atoms with van der Waals surface area (Å²) in [6.07, 6.45) is 4.23. The number of anilines is 2. The van der Waals surface area contributed by atoms with Crippen LogP contribution in [0, 0.1) is 15.5 Å². The lowest BCUT2D eigenvalue weighted by Gasteiger charge is -2.39. The van der Waals surface area contributed by atoms with Crippen LogP contribution in [-0.2, 0) is 0 Å². The van der Waals surface area contributed by atoms with E-state index in [1.807, 2.05) is 68.7 Å². The van der Waals surface area contributed by atoms with Gasteiger partial charge in [0.1, 0.15) is 5.69 Å². The summed E-state index contributed by atoms with van der Waals surface area (Å²) in [6, 6.07) is 31.3. The number of nitrogens with one attached hydrogen (secondary N) is 2. The van der Waals surface area contributed by atoms with Crippen LogP contribution in [0.15, 0.2) is 112 Å². The van der Waals surface area contributed by atoms with Crippen molar-refractivity contribution in [2.24, 2.45) is 5.41 Å². The number of piperazine rings is 1. The second-order valence-electron chi connectivity index (χ2n) is 15.8. The van der Waals surface area contributed by atoms with Gasteiger partial charge in [-0.2, -0.15) is 0 Å². The maximum Gasteiger partial charge on any atom is 0.293 e. The van der Waals surface area contributed by atoms with Crippen LogP contribution in [0.25, 0.3) is 5.57 Å². The molecule has 6 rings (SSSR count). The summed E-state index contributed by atoms with van der Waals surface area (Å²) in [5, 5.41) is 16.4. The van der Waals surface area contributed by atoms with Crippen molar-refractivity contribution in [3.8, 4) is 0 Å². The van der Waals surface area contributed by atoms with Gasteiger partial charge in [-0.05, 0) is 135 Å². The number of halogens is 1. The normalized spacial score (nSPS) is 16.5. The first kappa shape index (κ1) is 41.6. The fraction of sp³-hybridized carbons (Fsp3) is 0.386. The third-order valence-corrected chi connectivity index (χ3v) is 12.8. The molecule has 0 unspecified atom stereocenters. The third kappa shape index (κ3) is 11.8. The van der Waals surface area contributed by atoms with Crippen LogP contribution in [0.1, 0.15) is 55.5 Å². The summed E-state index contributed by atoms with van der Waals surface area (Å²) >= 11 is 9.01. The van der Waals surface area contributed by atoms with Crippen LogP contribution in [0.5, 0.6) is 0 Å². The molecule has 1 aliphatic heterocycles. The van der Waals surface area contributed by atoms with E-state index in [0.29, 0.717) is 21.6 Å². The highest BCUT2D eigenvalue weighted by molar-refractivity contribution is 7.99. The van der Waals surface area contributed by atoms with Gasteiger partial charge in [-0.3, -0.25) is 24.5 Å². The van der Waals surface area contributed by atoms with Crippen LogP contribution in [0.3, 0.4) is 0 Å². The number of nitro groups is 1. The lowest BCUT2D eigenvalue weighted by molar-refractivity contribution is -0.384. The number of carbonyl (C=O) groups is 1. The molecule has 1 heterocycles. The van der Waals surface area contributed by atoms with Crippen molar-refractivity contribution in [2.75, 3.05) is 69.3 Å². The SMILES string of the molecule is CN(C)CC[C@H](CSc1ccccc1)Nc1ccc(SNC(=O)c2ccc(N3CCN(CC4=C(c5ccc(Cl)cc5)CCC(C)(C)C4)CC3)cc2)cc1[N+](=O)[O-]. The molecule has 1 fully saturated rings. The first-order valence-corrected chi connectivity index (χ1v) is 21.5. The van der Waals surface area contributed by atoms with Crippen LogP contribution in [-0.4, -0.2) is 85.8 Å². The average Bonchev–Trinajstić information content (AvgIpc) is 3.19. The Bertz CT molecular complexity index is 1970. The first-order valence-electron chi connectivity index (χ1n) is 19.3. The molecule has 2 aliphatic rings. The Morgan fingerprint density at radius 3 is 2.34 bits per heavy atom. The van der Waals surface area contributed by atoms with Gasteiger partial charge in [0.05, 0.1) is 4.92 Å². The van der Waals surface area contributed by atoms with E-state index < -0.39 is 0 Å². The van der Waals surface area contributed by atoms with Gasteiger partial charge in [0.2, 0.25) is 0 Å². The van der Waals surface area contributed by atoms with E-state index in [1.165, 1.54) is 23.6 Å². The minimum absolute atomic E-state index is 0.0189. The molecule has 1 atom stereocenters. The Kier molecular flexibility index (Phi) is 14.4. The topological polar surface area (TPSA) is 94.0 Å². The number of rotatable bonds is 16. The van der Waals surface area contributed by atoms with Crippen molar-refractivity contribution in [1.29, 1.82) is 0 Å². The van der Waals surface area contributed by atoms with Gasteiger partial charge in [0, 0.05) is 76.6 Å². The van der Waals surface area contributed by atoms with Crippen molar-refractivity contribution in [2.45, 2.75) is 55.4 Å². The van der Waals surface area contributed by atoms with Crippen LogP contribution < -0.4 is 14.9 Å². The predicted octanol–water partition coefficient (Wildman–Crippen LogP) is 10.00. The molecule has 0 spiro atoms. The largest absolute Gasteiger partial charge is 0.376 e. The molecule has 2 N–H and O–H groups in total. The van der Waals surface area contributed by atoms with Gasteiger partial charge in [0.15, 0.2) is 0 Å². The summed E-state index contributed by atoms with van der Waals surface area (Å²) in [7, 11) is 4.05. The highest BCUT2D eigenvalue weighted by atomic mass is 35.5. The molecule has 9 nitrogen and oxygen atoms in total. The summed E-state index contributed by atoms with van der Waals surface area (Å²) in [5.41, 5.74) is 6.71. The number of nitro benzene ring substituents is 1. The molecule has 1 saturated heterocycles. The maximum atomic E-state index is 13.2. The zero-order chi connectivity index (χ0) is 39.7. The smallest absolute Gasteiger partial charge is 0.293 e. The molecular weight excluding hydrogens is 760 g/mol. The molecule has 1 aliphatic carbocycles. The monoisotopic (exact) mass is 812 g/mol. The Hall–Kier alpha value is -4.00. The van der Waals surface area contributed by atoms with Gasteiger partial charge in [-0.15, -0.1) is 11.8 Å². The van der Waals surface area contributed by atoms with Crippen LogP contribution in [0.2, 0.25) is 5.02 Å². The molecule has 4 aromatic carbocycles. The lowest BCUT2D eigenvalue weighted by Crippen LogP contribution is -2.47. The Morgan fingerprint density at radius 1 is 0.946 bits per heavy atom. The first-order chi connectivity index (χ1) is 26.9. The Balaban J connectivity index is 1.02. The summed E-state index contributed by atoms with van der Waals surface area (Å²) < 4.78 is 2.87. The number of carbonyl (C=O) groups excluding carboxylic acids is 1. The number of nitrogens with zero attached hydrogens (tertiary/aromatic N) is 4. The van der Waals surface area contributed by atoms with E-state index in [-0.39, 0.29) is 22.6 Å². The van der Waals surface area contributed by atoms with E-state index in [9.17, 15) is 14.9 Å².